The van der Waals surface area contributed by atoms with Crippen LogP contribution in [-0.4, -0.2) is 45.8 Å². The fourth-order valence-electron chi connectivity index (χ4n) is 2.38. The summed E-state index contributed by atoms with van der Waals surface area (Å²) in [6.07, 6.45) is 0. The SMILES string of the molecule is COC(=O)c1cc(NC(=O)Nc2ccc(OC=O)c(C(=O)OC)c2)ccc1OC. The number of hydrogen-bond acceptors (Lipinski definition) is 8. The van der Waals surface area contributed by atoms with Gasteiger partial charge in [0, 0.05) is 11.4 Å². The molecule has 0 bridgehead atoms. The van der Waals surface area contributed by atoms with Crippen molar-refractivity contribution in [2.45, 2.75) is 0 Å². The van der Waals surface area contributed by atoms with Gasteiger partial charge in [0.15, 0.2) is 0 Å². The fourth-order valence-corrected chi connectivity index (χ4v) is 2.38. The summed E-state index contributed by atoms with van der Waals surface area (Å²) in [5.74, 6) is -1.10. The second-order valence-electron chi connectivity index (χ2n) is 5.40. The third kappa shape index (κ3) is 5.22. The van der Waals surface area contributed by atoms with Crippen LogP contribution in [0.15, 0.2) is 36.4 Å². The minimum absolute atomic E-state index is 0.0179. The van der Waals surface area contributed by atoms with Crippen LogP contribution in [0, 0.1) is 0 Å². The first-order valence-corrected chi connectivity index (χ1v) is 8.10. The van der Waals surface area contributed by atoms with Gasteiger partial charge >= 0.3 is 18.0 Å². The summed E-state index contributed by atoms with van der Waals surface area (Å²) < 4.78 is 19.1. The molecule has 29 heavy (non-hydrogen) atoms. The van der Waals surface area contributed by atoms with Crippen LogP contribution < -0.4 is 20.1 Å². The lowest BCUT2D eigenvalue weighted by Crippen LogP contribution is -2.20. The van der Waals surface area contributed by atoms with Crippen LogP contribution in [0.25, 0.3) is 0 Å². The normalized spacial score (nSPS) is 9.76. The molecule has 2 aromatic rings. The molecule has 0 saturated heterocycles. The average molecular weight is 402 g/mol. The van der Waals surface area contributed by atoms with E-state index in [1.54, 1.807) is 0 Å². The van der Waals surface area contributed by atoms with Gasteiger partial charge in [-0.1, -0.05) is 0 Å². The van der Waals surface area contributed by atoms with Gasteiger partial charge in [-0.3, -0.25) is 4.79 Å². The number of carbonyl (C=O) groups excluding carboxylic acids is 4. The summed E-state index contributed by atoms with van der Waals surface area (Å²) in [4.78, 5) is 46.5. The molecule has 0 aliphatic heterocycles. The molecule has 10 heteroatoms. The number of methoxy groups -OCH3 is 3. The molecule has 152 valence electrons. The number of anilines is 2. The van der Waals surface area contributed by atoms with Gasteiger partial charge in [0.05, 0.1) is 21.3 Å². The Balaban J connectivity index is 2.20. The molecule has 0 aliphatic carbocycles. The lowest BCUT2D eigenvalue weighted by Gasteiger charge is -2.12. The number of carbonyl (C=O) groups is 4. The Morgan fingerprint density at radius 1 is 0.793 bits per heavy atom. The number of rotatable bonds is 7. The van der Waals surface area contributed by atoms with Crippen molar-refractivity contribution in [1.82, 2.24) is 0 Å². The number of hydrogen-bond donors (Lipinski definition) is 2. The molecule has 0 spiro atoms. The van der Waals surface area contributed by atoms with E-state index in [4.69, 9.17) is 9.47 Å². The topological polar surface area (TPSA) is 129 Å². The highest BCUT2D eigenvalue weighted by Gasteiger charge is 2.17. The van der Waals surface area contributed by atoms with Crippen molar-refractivity contribution < 1.29 is 38.1 Å². The Bertz CT molecular complexity index is 942. The van der Waals surface area contributed by atoms with Gasteiger partial charge in [0.2, 0.25) is 0 Å². The van der Waals surface area contributed by atoms with E-state index in [0.717, 1.165) is 0 Å². The molecule has 0 atom stereocenters. The van der Waals surface area contributed by atoms with Crippen LogP contribution in [-0.2, 0) is 14.3 Å². The molecule has 2 amide bonds. The molecule has 0 aromatic heterocycles. The summed E-state index contributed by atoms with van der Waals surface area (Å²) in [6.45, 7) is 0.171. The van der Waals surface area contributed by atoms with E-state index >= 15 is 0 Å². The third-order valence-corrected chi connectivity index (χ3v) is 3.68. The first-order valence-electron chi connectivity index (χ1n) is 8.10. The van der Waals surface area contributed by atoms with E-state index < -0.39 is 18.0 Å². The largest absolute Gasteiger partial charge is 0.496 e. The molecule has 0 radical (unpaired) electrons. The maximum atomic E-state index is 12.3. The molecule has 2 rings (SSSR count). The Hall–Kier alpha value is -4.08. The molecule has 0 unspecified atom stereocenters. The summed E-state index contributed by atoms with van der Waals surface area (Å²) in [5.41, 5.74) is 0.631. The lowest BCUT2D eigenvalue weighted by atomic mass is 10.1. The Morgan fingerprint density at radius 3 is 1.72 bits per heavy atom. The van der Waals surface area contributed by atoms with Crippen LogP contribution >= 0.6 is 0 Å². The molecular weight excluding hydrogens is 384 g/mol. The van der Waals surface area contributed by atoms with E-state index in [2.05, 4.69) is 20.1 Å². The second-order valence-corrected chi connectivity index (χ2v) is 5.40. The van der Waals surface area contributed by atoms with Crippen molar-refractivity contribution in [3.05, 3.63) is 47.5 Å². The minimum Gasteiger partial charge on any atom is -0.496 e. The molecule has 0 fully saturated rings. The van der Waals surface area contributed by atoms with Gasteiger partial charge in [0.1, 0.15) is 22.6 Å². The Morgan fingerprint density at radius 2 is 1.28 bits per heavy atom. The average Bonchev–Trinajstić information content (AvgIpc) is 2.73. The number of ether oxygens (including phenoxy) is 4. The minimum atomic E-state index is -0.746. The van der Waals surface area contributed by atoms with Crippen LogP contribution in [0.1, 0.15) is 20.7 Å². The highest BCUT2D eigenvalue weighted by atomic mass is 16.5. The van der Waals surface area contributed by atoms with Gasteiger partial charge in [-0.15, -0.1) is 0 Å². The number of urea groups is 1. The standard InChI is InChI=1S/C19H18N2O8/c1-26-15-6-4-11(8-13(15)17(23)27-2)20-19(25)21-12-5-7-16(29-10-22)14(9-12)18(24)28-3/h4-10H,1-3H3,(H2,20,21,25). The monoisotopic (exact) mass is 402 g/mol. The molecule has 0 heterocycles. The first-order chi connectivity index (χ1) is 13.9. The van der Waals surface area contributed by atoms with Crippen LogP contribution in [0.5, 0.6) is 11.5 Å². The Kier molecular flexibility index (Phi) is 7.13. The molecular formula is C19H18N2O8. The number of nitrogens with one attached hydrogen (secondary N) is 2. The van der Waals surface area contributed by atoms with E-state index in [0.29, 0.717) is 5.69 Å². The zero-order valence-corrected chi connectivity index (χ0v) is 15.8. The highest BCUT2D eigenvalue weighted by molar-refractivity contribution is 6.02. The van der Waals surface area contributed by atoms with Crippen molar-refractivity contribution in [1.29, 1.82) is 0 Å². The van der Waals surface area contributed by atoms with Crippen molar-refractivity contribution in [3.8, 4) is 11.5 Å². The van der Waals surface area contributed by atoms with Crippen LogP contribution in [0.3, 0.4) is 0 Å². The van der Waals surface area contributed by atoms with E-state index in [-0.39, 0.29) is 34.8 Å². The van der Waals surface area contributed by atoms with Gasteiger partial charge in [-0.25, -0.2) is 14.4 Å². The summed E-state index contributed by atoms with van der Waals surface area (Å²) in [7, 11) is 3.80. The quantitative estimate of drug-likeness (QED) is 0.534. The highest BCUT2D eigenvalue weighted by Crippen LogP contribution is 2.25. The second kappa shape index (κ2) is 9.74. The van der Waals surface area contributed by atoms with Crippen LogP contribution in [0.4, 0.5) is 16.2 Å². The maximum Gasteiger partial charge on any atom is 0.341 e. The van der Waals surface area contributed by atoms with Crippen LogP contribution in [0.2, 0.25) is 0 Å². The number of amides is 2. The predicted molar refractivity (Wildman–Crippen MR) is 101 cm³/mol. The van der Waals surface area contributed by atoms with Crippen molar-refractivity contribution in [2.75, 3.05) is 32.0 Å². The summed E-state index contributed by atoms with van der Waals surface area (Å²) in [5, 5.41) is 5.07. The van der Waals surface area contributed by atoms with Crippen molar-refractivity contribution in [2.24, 2.45) is 0 Å². The maximum absolute atomic E-state index is 12.3. The lowest BCUT2D eigenvalue weighted by molar-refractivity contribution is -0.120. The fraction of sp³-hybridized carbons (Fsp3) is 0.158. The number of esters is 2. The van der Waals surface area contributed by atoms with Gasteiger partial charge < -0.3 is 29.6 Å². The van der Waals surface area contributed by atoms with E-state index in [1.807, 2.05) is 0 Å². The zero-order chi connectivity index (χ0) is 21.4. The summed E-state index contributed by atoms with van der Waals surface area (Å²) >= 11 is 0. The van der Waals surface area contributed by atoms with E-state index in [9.17, 15) is 19.2 Å². The number of benzene rings is 2. The molecule has 2 N–H and O–H groups in total. The van der Waals surface area contributed by atoms with Crippen molar-refractivity contribution in [3.63, 3.8) is 0 Å². The molecule has 0 aliphatic rings. The first kappa shape index (κ1) is 21.2. The summed E-state index contributed by atoms with van der Waals surface area (Å²) in [6, 6.07) is 7.83. The zero-order valence-electron chi connectivity index (χ0n) is 15.8. The predicted octanol–water partition coefficient (Wildman–Crippen LogP) is 2.45. The van der Waals surface area contributed by atoms with Gasteiger partial charge in [0.25, 0.3) is 6.47 Å². The van der Waals surface area contributed by atoms with Crippen molar-refractivity contribution >= 4 is 35.8 Å². The molecule has 10 nitrogen and oxygen atoms in total. The smallest absolute Gasteiger partial charge is 0.341 e. The third-order valence-electron chi connectivity index (χ3n) is 3.68. The van der Waals surface area contributed by atoms with Gasteiger partial charge in [-0.2, -0.15) is 0 Å². The Labute approximate surface area is 165 Å². The molecule has 2 aromatic carbocycles. The van der Waals surface area contributed by atoms with Gasteiger partial charge in [-0.05, 0) is 36.4 Å². The van der Waals surface area contributed by atoms with E-state index in [1.165, 1.54) is 57.7 Å². The molecule has 0 saturated carbocycles.